The van der Waals surface area contributed by atoms with E-state index < -0.39 is 0 Å². The standard InChI is InChI=1S/C13H24N2S/c1-6-15(7-2)13(4,5)12(14)11-8-9-16-10(11)3/h8-9,12H,6-7,14H2,1-5H3. The molecule has 0 radical (unpaired) electrons. The molecule has 1 aromatic rings. The number of rotatable bonds is 5. The van der Waals surface area contributed by atoms with Gasteiger partial charge in [0.25, 0.3) is 0 Å². The highest BCUT2D eigenvalue weighted by molar-refractivity contribution is 7.10. The molecule has 1 aromatic heterocycles. The maximum absolute atomic E-state index is 6.44. The molecule has 0 saturated heterocycles. The number of hydrogen-bond acceptors (Lipinski definition) is 3. The van der Waals surface area contributed by atoms with Crippen molar-refractivity contribution in [3.05, 3.63) is 21.9 Å². The van der Waals surface area contributed by atoms with Crippen molar-refractivity contribution < 1.29 is 0 Å². The van der Waals surface area contributed by atoms with Crippen molar-refractivity contribution in [3.8, 4) is 0 Å². The first-order valence-electron chi connectivity index (χ1n) is 5.99. The number of nitrogens with zero attached hydrogens (tertiary/aromatic N) is 1. The molecule has 1 atom stereocenters. The van der Waals surface area contributed by atoms with Gasteiger partial charge in [0, 0.05) is 16.5 Å². The largest absolute Gasteiger partial charge is 0.322 e. The van der Waals surface area contributed by atoms with Crippen LogP contribution in [0.3, 0.4) is 0 Å². The fourth-order valence-corrected chi connectivity index (χ4v) is 3.08. The third kappa shape index (κ3) is 2.47. The summed E-state index contributed by atoms with van der Waals surface area (Å²) >= 11 is 1.78. The van der Waals surface area contributed by atoms with E-state index in [9.17, 15) is 0 Å². The SMILES string of the molecule is CCN(CC)C(C)(C)C(N)c1ccsc1C. The Bertz CT molecular complexity index is 326. The van der Waals surface area contributed by atoms with Gasteiger partial charge in [-0.1, -0.05) is 13.8 Å². The number of thiophene rings is 1. The lowest BCUT2D eigenvalue weighted by molar-refractivity contribution is 0.107. The Morgan fingerprint density at radius 2 is 1.94 bits per heavy atom. The van der Waals surface area contributed by atoms with E-state index in [2.05, 4.69) is 51.0 Å². The maximum atomic E-state index is 6.44. The van der Waals surface area contributed by atoms with Crippen LogP contribution >= 0.6 is 11.3 Å². The van der Waals surface area contributed by atoms with Crippen molar-refractivity contribution in [2.75, 3.05) is 13.1 Å². The van der Waals surface area contributed by atoms with Crippen molar-refractivity contribution in [1.82, 2.24) is 4.90 Å². The summed E-state index contributed by atoms with van der Waals surface area (Å²) in [6.07, 6.45) is 0. The molecule has 92 valence electrons. The zero-order valence-corrected chi connectivity index (χ0v) is 11.9. The van der Waals surface area contributed by atoms with Gasteiger partial charge in [0.2, 0.25) is 0 Å². The Kier molecular flexibility index (Phi) is 4.53. The van der Waals surface area contributed by atoms with Crippen LogP contribution in [-0.4, -0.2) is 23.5 Å². The Morgan fingerprint density at radius 3 is 2.31 bits per heavy atom. The van der Waals surface area contributed by atoms with Crippen LogP contribution in [0.4, 0.5) is 0 Å². The minimum Gasteiger partial charge on any atom is -0.322 e. The molecule has 0 saturated carbocycles. The van der Waals surface area contributed by atoms with E-state index >= 15 is 0 Å². The molecular formula is C13H24N2S. The third-order valence-electron chi connectivity index (χ3n) is 3.57. The molecule has 0 aromatic carbocycles. The zero-order chi connectivity index (χ0) is 12.3. The molecule has 0 aliphatic rings. The van der Waals surface area contributed by atoms with Crippen LogP contribution in [0.2, 0.25) is 0 Å². The van der Waals surface area contributed by atoms with Crippen LogP contribution in [0, 0.1) is 6.92 Å². The molecular weight excluding hydrogens is 216 g/mol. The summed E-state index contributed by atoms with van der Waals surface area (Å²) in [5.41, 5.74) is 7.74. The molecule has 0 amide bonds. The lowest BCUT2D eigenvalue weighted by Gasteiger charge is -2.42. The molecule has 2 N–H and O–H groups in total. The topological polar surface area (TPSA) is 29.3 Å². The van der Waals surface area contributed by atoms with Gasteiger partial charge in [-0.25, -0.2) is 0 Å². The quantitative estimate of drug-likeness (QED) is 0.856. The van der Waals surface area contributed by atoms with Crippen LogP contribution in [0.5, 0.6) is 0 Å². The molecule has 1 unspecified atom stereocenters. The van der Waals surface area contributed by atoms with Crippen molar-refractivity contribution in [2.24, 2.45) is 5.73 Å². The van der Waals surface area contributed by atoms with E-state index in [1.54, 1.807) is 11.3 Å². The van der Waals surface area contributed by atoms with E-state index in [4.69, 9.17) is 5.73 Å². The number of likely N-dealkylation sites (N-methyl/N-ethyl adjacent to an activating group) is 1. The third-order valence-corrected chi connectivity index (χ3v) is 4.43. The summed E-state index contributed by atoms with van der Waals surface area (Å²) in [5.74, 6) is 0. The minimum atomic E-state index is 0.00926. The Balaban J connectivity index is 2.95. The summed E-state index contributed by atoms with van der Waals surface area (Å²) in [6, 6.07) is 2.24. The molecule has 2 nitrogen and oxygen atoms in total. The highest BCUT2D eigenvalue weighted by Gasteiger charge is 2.33. The predicted molar refractivity (Wildman–Crippen MR) is 73.0 cm³/mol. The second-order valence-corrected chi connectivity index (χ2v) is 5.86. The van der Waals surface area contributed by atoms with Gasteiger partial charge < -0.3 is 5.73 Å². The highest BCUT2D eigenvalue weighted by Crippen LogP contribution is 2.32. The van der Waals surface area contributed by atoms with Gasteiger partial charge in [-0.05, 0) is 50.9 Å². The molecule has 0 aliphatic heterocycles. The van der Waals surface area contributed by atoms with Crippen LogP contribution < -0.4 is 5.73 Å². The first-order chi connectivity index (χ1) is 7.45. The minimum absolute atomic E-state index is 0.00926. The monoisotopic (exact) mass is 240 g/mol. The van der Waals surface area contributed by atoms with Crippen LogP contribution in [0.25, 0.3) is 0 Å². The second-order valence-electron chi connectivity index (χ2n) is 4.74. The summed E-state index contributed by atoms with van der Waals surface area (Å²) in [6.45, 7) is 13.1. The number of hydrogen-bond donors (Lipinski definition) is 1. The average molecular weight is 240 g/mol. The second kappa shape index (κ2) is 5.30. The van der Waals surface area contributed by atoms with E-state index in [-0.39, 0.29) is 11.6 Å². The lowest BCUT2D eigenvalue weighted by Crippen LogP contribution is -2.51. The van der Waals surface area contributed by atoms with Gasteiger partial charge in [0.1, 0.15) is 0 Å². The van der Waals surface area contributed by atoms with Gasteiger partial charge in [-0.2, -0.15) is 0 Å². The van der Waals surface area contributed by atoms with Crippen LogP contribution in [0.15, 0.2) is 11.4 Å². The fraction of sp³-hybridized carbons (Fsp3) is 0.692. The summed E-state index contributed by atoms with van der Waals surface area (Å²) in [7, 11) is 0. The van der Waals surface area contributed by atoms with E-state index in [0.29, 0.717) is 0 Å². The van der Waals surface area contributed by atoms with Gasteiger partial charge in [0.05, 0.1) is 0 Å². The highest BCUT2D eigenvalue weighted by atomic mass is 32.1. The van der Waals surface area contributed by atoms with Gasteiger partial charge >= 0.3 is 0 Å². The van der Waals surface area contributed by atoms with Crippen molar-refractivity contribution in [2.45, 2.75) is 46.2 Å². The van der Waals surface area contributed by atoms with Crippen molar-refractivity contribution in [1.29, 1.82) is 0 Å². The Labute approximate surface area is 103 Å². The van der Waals surface area contributed by atoms with Gasteiger partial charge in [-0.15, -0.1) is 11.3 Å². The molecule has 0 fully saturated rings. The Morgan fingerprint density at radius 1 is 1.38 bits per heavy atom. The predicted octanol–water partition coefficient (Wildman–Crippen LogP) is 3.18. The van der Waals surface area contributed by atoms with Crippen LogP contribution in [-0.2, 0) is 0 Å². The van der Waals surface area contributed by atoms with Crippen LogP contribution in [0.1, 0.15) is 44.2 Å². The Hall–Kier alpha value is -0.380. The van der Waals surface area contributed by atoms with Crippen molar-refractivity contribution >= 4 is 11.3 Å². The zero-order valence-electron chi connectivity index (χ0n) is 11.1. The van der Waals surface area contributed by atoms with Gasteiger partial charge in [-0.3, -0.25) is 4.90 Å². The molecule has 16 heavy (non-hydrogen) atoms. The summed E-state index contributed by atoms with van der Waals surface area (Å²) in [4.78, 5) is 3.77. The van der Waals surface area contributed by atoms with E-state index in [1.807, 2.05) is 0 Å². The molecule has 1 heterocycles. The molecule has 0 spiro atoms. The fourth-order valence-electron chi connectivity index (χ4n) is 2.33. The molecule has 0 aliphatic carbocycles. The molecule has 0 bridgehead atoms. The maximum Gasteiger partial charge on any atom is 0.0487 e. The van der Waals surface area contributed by atoms with E-state index in [0.717, 1.165) is 13.1 Å². The first-order valence-corrected chi connectivity index (χ1v) is 6.87. The lowest BCUT2D eigenvalue weighted by atomic mass is 9.88. The molecule has 3 heteroatoms. The van der Waals surface area contributed by atoms with Gasteiger partial charge in [0.15, 0.2) is 0 Å². The number of nitrogens with two attached hydrogens (primary N) is 1. The van der Waals surface area contributed by atoms with Crippen molar-refractivity contribution in [3.63, 3.8) is 0 Å². The normalized spacial score (nSPS) is 14.4. The summed E-state index contributed by atoms with van der Waals surface area (Å²) < 4.78 is 0. The van der Waals surface area contributed by atoms with E-state index in [1.165, 1.54) is 10.4 Å². The molecule has 1 rings (SSSR count). The first kappa shape index (κ1) is 13.7. The number of aryl methyl sites for hydroxylation is 1. The smallest absolute Gasteiger partial charge is 0.0487 e. The average Bonchev–Trinajstić information content (AvgIpc) is 2.64. The summed E-state index contributed by atoms with van der Waals surface area (Å²) in [5, 5.41) is 2.13.